The van der Waals surface area contributed by atoms with Gasteiger partial charge >= 0.3 is 5.97 Å². The number of rotatable bonds is 11. The number of aromatic carboxylic acids is 1. The minimum atomic E-state index is -1.03. The maximum absolute atomic E-state index is 12.2. The van der Waals surface area contributed by atoms with Crippen molar-refractivity contribution in [2.45, 2.75) is 0 Å². The molecule has 0 aliphatic rings. The third-order valence-corrected chi connectivity index (χ3v) is 10.1. The average Bonchev–Trinajstić information content (AvgIpc) is 3.29. The van der Waals surface area contributed by atoms with Gasteiger partial charge in [-0.2, -0.15) is 0 Å². The van der Waals surface area contributed by atoms with Gasteiger partial charge in [0.2, 0.25) is 0 Å². The smallest absolute Gasteiger partial charge is 0.354 e. The maximum Gasteiger partial charge on any atom is 0.354 e. The first-order valence-corrected chi connectivity index (χ1v) is 20.3. The molecule has 2 aromatic carbocycles. The van der Waals surface area contributed by atoms with Crippen LogP contribution >= 0.6 is 39.1 Å². The molecule has 62 heavy (non-hydrogen) atoms. The Morgan fingerprint density at radius 2 is 1.11 bits per heavy atom. The van der Waals surface area contributed by atoms with Crippen molar-refractivity contribution in [1.82, 2.24) is 40.5 Å². The van der Waals surface area contributed by atoms with Crippen molar-refractivity contribution in [3.8, 4) is 22.3 Å². The molecule has 0 unspecified atom stereocenters. The number of aromatic nitrogens is 6. The van der Waals surface area contributed by atoms with Gasteiger partial charge in [-0.15, -0.1) is 0 Å². The highest BCUT2D eigenvalue weighted by Crippen LogP contribution is 2.32. The Hall–Kier alpha value is -6.49. The second-order valence-electron chi connectivity index (χ2n) is 13.1. The lowest BCUT2D eigenvalue weighted by molar-refractivity contribution is 0.0690. The van der Waals surface area contributed by atoms with Crippen molar-refractivity contribution in [2.75, 3.05) is 40.5 Å². The predicted octanol–water partition coefficient (Wildman–Crippen LogP) is 8.74. The summed E-state index contributed by atoms with van der Waals surface area (Å²) in [5, 5.41) is 18.0. The number of hydrogen-bond donors (Lipinski definition) is 3. The van der Waals surface area contributed by atoms with E-state index in [9.17, 15) is 14.4 Å². The van der Waals surface area contributed by atoms with Crippen LogP contribution in [0.4, 0.5) is 0 Å². The third-order valence-electron chi connectivity index (χ3n) is 8.92. The Balaban J connectivity index is 0.000000161. The van der Waals surface area contributed by atoms with Gasteiger partial charge < -0.3 is 25.2 Å². The van der Waals surface area contributed by atoms with Crippen molar-refractivity contribution >= 4 is 89.6 Å². The molecular weight excluding hydrogens is 899 g/mol. The monoisotopic (exact) mass is 934 g/mol. The summed E-state index contributed by atoms with van der Waals surface area (Å²) in [6, 6.07) is 25.2. The summed E-state index contributed by atoms with van der Waals surface area (Å²) >= 11 is 15.6. The van der Waals surface area contributed by atoms with E-state index in [-0.39, 0.29) is 17.5 Å². The molecule has 0 radical (unpaired) electrons. The highest BCUT2D eigenvalue weighted by Gasteiger charge is 2.14. The van der Waals surface area contributed by atoms with Gasteiger partial charge in [-0.05, 0) is 76.1 Å². The van der Waals surface area contributed by atoms with E-state index in [1.54, 1.807) is 69.6 Å². The molecular formula is C45H37BrCl2N8O6. The van der Waals surface area contributed by atoms with Gasteiger partial charge in [-0.3, -0.25) is 24.5 Å². The van der Waals surface area contributed by atoms with Gasteiger partial charge in [0.25, 0.3) is 11.8 Å². The predicted molar refractivity (Wildman–Crippen MR) is 243 cm³/mol. The number of benzene rings is 2. The maximum atomic E-state index is 12.2. The Morgan fingerprint density at radius 1 is 0.597 bits per heavy atom. The average molecular weight is 937 g/mol. The number of pyridine rings is 6. The molecule has 3 N–H and O–H groups in total. The van der Waals surface area contributed by atoms with Crippen LogP contribution in [0.15, 0.2) is 127 Å². The lowest BCUT2D eigenvalue weighted by atomic mass is 10.0. The first-order valence-electron chi connectivity index (χ1n) is 18.8. The van der Waals surface area contributed by atoms with Gasteiger partial charge in [-0.25, -0.2) is 19.7 Å². The van der Waals surface area contributed by atoms with Crippen molar-refractivity contribution in [3.63, 3.8) is 0 Å². The van der Waals surface area contributed by atoms with E-state index in [2.05, 4.69) is 56.5 Å². The van der Waals surface area contributed by atoms with Crippen LogP contribution in [-0.2, 0) is 9.47 Å². The molecule has 6 aromatic heterocycles. The van der Waals surface area contributed by atoms with Crippen LogP contribution in [-0.4, -0.2) is 93.3 Å². The SMILES string of the molecule is COCCNC(=O)c1ccc2cncc(-c3cccc(Cl)c3)c2n1.COCCNC(=O)c1ccc2cncc(-c3ccccc3Cl)c2n1.O=C(O)c1ccc2cncc(Br)c2n1. The van der Waals surface area contributed by atoms with E-state index >= 15 is 0 Å². The number of amides is 2. The van der Waals surface area contributed by atoms with E-state index in [4.69, 9.17) is 37.8 Å². The molecule has 8 rings (SSSR count). The second-order valence-corrected chi connectivity index (χ2v) is 14.8. The van der Waals surface area contributed by atoms with E-state index in [1.165, 1.54) is 6.07 Å². The molecule has 0 atom stereocenters. The van der Waals surface area contributed by atoms with Gasteiger partial charge in [0, 0.05) is 107 Å². The van der Waals surface area contributed by atoms with Crippen molar-refractivity contribution in [2.24, 2.45) is 0 Å². The quantitative estimate of drug-likeness (QED) is 0.105. The number of nitrogens with zero attached hydrogens (tertiary/aromatic N) is 6. The summed E-state index contributed by atoms with van der Waals surface area (Å²) in [4.78, 5) is 60.6. The summed E-state index contributed by atoms with van der Waals surface area (Å²) in [6.45, 7) is 1.78. The molecule has 0 spiro atoms. The van der Waals surface area contributed by atoms with Crippen molar-refractivity contribution in [1.29, 1.82) is 0 Å². The number of methoxy groups -OCH3 is 2. The molecule has 17 heteroatoms. The minimum Gasteiger partial charge on any atom is -0.477 e. The van der Waals surface area contributed by atoms with Gasteiger partial charge in [0.15, 0.2) is 0 Å². The standard InChI is InChI=1S/2C18H16ClN3O2.C9H5BrN2O2/c1-24-8-7-21-18(23)16-6-5-13-10-20-11-15(17(13)22-16)12-3-2-4-14(19)9-12;1-24-9-8-21-18(23)16-7-6-12-10-20-11-14(17(12)22-16)13-4-2-3-5-15(13)19;10-6-4-11-3-5-1-2-7(9(13)14)12-8(5)6/h2-6,9-11H,7-8H2,1H3,(H,21,23);2-7,10-11H,8-9H2,1H3,(H,21,23);1-4H,(H,13,14). The fourth-order valence-electron chi connectivity index (χ4n) is 5.93. The van der Waals surface area contributed by atoms with Gasteiger partial charge in [-0.1, -0.05) is 53.5 Å². The summed E-state index contributed by atoms with van der Waals surface area (Å²) < 4.78 is 10.6. The summed E-state index contributed by atoms with van der Waals surface area (Å²) in [6.07, 6.45) is 10.1. The fraction of sp³-hybridized carbons (Fsp3) is 0.133. The molecule has 0 fully saturated rings. The Morgan fingerprint density at radius 3 is 1.68 bits per heavy atom. The van der Waals surface area contributed by atoms with Crippen LogP contribution in [0.25, 0.3) is 55.0 Å². The van der Waals surface area contributed by atoms with E-state index < -0.39 is 5.97 Å². The lowest BCUT2D eigenvalue weighted by Crippen LogP contribution is -2.27. The Bertz CT molecular complexity index is 2890. The summed E-state index contributed by atoms with van der Waals surface area (Å²) in [5.74, 6) is -1.51. The van der Waals surface area contributed by atoms with Crippen molar-refractivity contribution in [3.05, 3.63) is 154 Å². The Labute approximate surface area is 373 Å². The number of hydrogen-bond acceptors (Lipinski definition) is 11. The Kier molecular flexibility index (Phi) is 15.9. The largest absolute Gasteiger partial charge is 0.477 e. The zero-order chi connectivity index (χ0) is 44.0. The number of ether oxygens (including phenoxy) is 2. The zero-order valence-electron chi connectivity index (χ0n) is 33.2. The van der Waals surface area contributed by atoms with Crippen LogP contribution in [0.3, 0.4) is 0 Å². The number of carboxylic acid groups (broad SMARTS) is 1. The molecule has 2 amide bonds. The van der Waals surface area contributed by atoms with Crippen LogP contribution in [0.1, 0.15) is 31.5 Å². The molecule has 14 nitrogen and oxygen atoms in total. The van der Waals surface area contributed by atoms with E-state index in [1.807, 2.05) is 60.7 Å². The minimum absolute atomic E-state index is 0.0319. The van der Waals surface area contributed by atoms with Crippen LogP contribution < -0.4 is 10.6 Å². The molecule has 0 aliphatic heterocycles. The number of carbonyl (C=O) groups excluding carboxylic acids is 2. The first kappa shape index (κ1) is 45.0. The molecule has 8 aromatic rings. The number of fused-ring (bicyclic) bond motifs is 3. The lowest BCUT2D eigenvalue weighted by Gasteiger charge is -2.09. The zero-order valence-corrected chi connectivity index (χ0v) is 36.3. The van der Waals surface area contributed by atoms with Gasteiger partial charge in [0.1, 0.15) is 17.1 Å². The molecule has 314 valence electrons. The molecule has 0 bridgehead atoms. The van der Waals surface area contributed by atoms with Crippen LogP contribution in [0.2, 0.25) is 10.0 Å². The summed E-state index contributed by atoms with van der Waals surface area (Å²) in [5.41, 5.74) is 6.12. The molecule has 0 aliphatic carbocycles. The number of carboxylic acids is 1. The summed E-state index contributed by atoms with van der Waals surface area (Å²) in [7, 11) is 3.17. The fourth-order valence-corrected chi connectivity index (χ4v) is 6.79. The molecule has 6 heterocycles. The highest BCUT2D eigenvalue weighted by atomic mass is 79.9. The second kappa shape index (κ2) is 21.9. The number of nitrogens with one attached hydrogen (secondary N) is 2. The topological polar surface area (TPSA) is 191 Å². The number of halogens is 3. The van der Waals surface area contributed by atoms with E-state index in [0.29, 0.717) is 68.8 Å². The normalized spacial score (nSPS) is 10.7. The van der Waals surface area contributed by atoms with Crippen molar-refractivity contribution < 1.29 is 29.0 Å². The van der Waals surface area contributed by atoms with Crippen LogP contribution in [0.5, 0.6) is 0 Å². The first-order chi connectivity index (χ1) is 30.1. The highest BCUT2D eigenvalue weighted by molar-refractivity contribution is 9.10. The van der Waals surface area contributed by atoms with Crippen LogP contribution in [0, 0.1) is 0 Å². The van der Waals surface area contributed by atoms with Gasteiger partial charge in [0.05, 0.1) is 34.2 Å². The van der Waals surface area contributed by atoms with E-state index in [0.717, 1.165) is 38.4 Å². The molecule has 0 saturated heterocycles. The third kappa shape index (κ3) is 11.5. The number of carbonyl (C=O) groups is 3. The molecule has 0 saturated carbocycles.